The van der Waals surface area contributed by atoms with Crippen LogP contribution in [0.3, 0.4) is 0 Å². The van der Waals surface area contributed by atoms with Gasteiger partial charge in [-0.3, -0.25) is 4.79 Å². The van der Waals surface area contributed by atoms with Crippen LogP contribution < -0.4 is 10.2 Å². The van der Waals surface area contributed by atoms with E-state index in [-0.39, 0.29) is 12.4 Å². The van der Waals surface area contributed by atoms with Gasteiger partial charge >= 0.3 is 13.1 Å². The monoisotopic (exact) mass is 334 g/mol. The van der Waals surface area contributed by atoms with Crippen LogP contribution in [0.5, 0.6) is 5.75 Å². The van der Waals surface area contributed by atoms with Crippen molar-refractivity contribution in [2.24, 2.45) is 0 Å². The van der Waals surface area contributed by atoms with Gasteiger partial charge in [-0.2, -0.15) is 0 Å². The van der Waals surface area contributed by atoms with Gasteiger partial charge in [-0.25, -0.2) is 0 Å². The van der Waals surface area contributed by atoms with Crippen molar-refractivity contribution in [1.29, 1.82) is 0 Å². The Kier molecular flexibility index (Phi) is 5.61. The fourth-order valence-electron chi connectivity index (χ4n) is 2.44. The molecule has 24 heavy (non-hydrogen) atoms. The zero-order valence-corrected chi connectivity index (χ0v) is 15.5. The van der Waals surface area contributed by atoms with Gasteiger partial charge < -0.3 is 18.8 Å². The second-order valence-electron chi connectivity index (χ2n) is 7.06. The third kappa shape index (κ3) is 3.93. The second-order valence-corrected chi connectivity index (χ2v) is 7.06. The van der Waals surface area contributed by atoms with E-state index in [4.69, 9.17) is 18.8 Å². The molecule has 0 spiro atoms. The van der Waals surface area contributed by atoms with Crippen molar-refractivity contribution in [2.45, 2.75) is 58.7 Å². The van der Waals surface area contributed by atoms with Gasteiger partial charge in [0.15, 0.2) is 0 Å². The summed E-state index contributed by atoms with van der Waals surface area (Å²) in [6.07, 6.45) is 1.06. The predicted octanol–water partition coefficient (Wildman–Crippen LogP) is 2.49. The molecular formula is C18H27BO5. The van der Waals surface area contributed by atoms with E-state index in [1.54, 1.807) is 0 Å². The smallest absolute Gasteiger partial charge is 0.493 e. The van der Waals surface area contributed by atoms with Gasteiger partial charge in [-0.1, -0.05) is 19.1 Å². The van der Waals surface area contributed by atoms with Gasteiger partial charge in [0.1, 0.15) is 5.75 Å². The summed E-state index contributed by atoms with van der Waals surface area (Å²) in [7, 11) is 0.916. The van der Waals surface area contributed by atoms with Gasteiger partial charge in [0, 0.05) is 5.56 Å². The molecule has 0 aliphatic carbocycles. The number of carbonyl (C=O) groups excluding carboxylic acids is 1. The molecule has 1 aliphatic heterocycles. The quantitative estimate of drug-likeness (QED) is 0.591. The lowest BCUT2D eigenvalue weighted by molar-refractivity contribution is -0.139. The molecule has 0 N–H and O–H groups in total. The summed E-state index contributed by atoms with van der Waals surface area (Å²) in [5.41, 5.74) is 0.841. The number of esters is 1. The minimum Gasteiger partial charge on any atom is -0.493 e. The molecule has 132 valence electrons. The Morgan fingerprint density at radius 3 is 2.33 bits per heavy atom. The molecule has 0 unspecified atom stereocenters. The molecule has 0 radical (unpaired) electrons. The zero-order chi connectivity index (χ0) is 18.0. The van der Waals surface area contributed by atoms with E-state index in [0.717, 1.165) is 17.4 Å². The van der Waals surface area contributed by atoms with Crippen LogP contribution in [0.15, 0.2) is 18.2 Å². The zero-order valence-electron chi connectivity index (χ0n) is 15.5. The SMILES string of the molecule is CCCOc1ccc(B2OC(C)(C)C(C)(C)O2)cc1CC(=O)OC. The number of carbonyl (C=O) groups is 1. The molecule has 1 aromatic carbocycles. The van der Waals surface area contributed by atoms with Crippen LogP contribution in [0.25, 0.3) is 0 Å². The molecule has 1 heterocycles. The number of hydrogen-bond acceptors (Lipinski definition) is 5. The molecule has 0 atom stereocenters. The summed E-state index contributed by atoms with van der Waals surface area (Å²) in [5.74, 6) is 0.393. The summed E-state index contributed by atoms with van der Waals surface area (Å²) < 4.78 is 22.7. The first-order valence-corrected chi connectivity index (χ1v) is 8.38. The molecule has 5 nitrogen and oxygen atoms in total. The Bertz CT molecular complexity index is 581. The lowest BCUT2D eigenvalue weighted by Crippen LogP contribution is -2.41. The highest BCUT2D eigenvalue weighted by Gasteiger charge is 2.51. The van der Waals surface area contributed by atoms with E-state index in [9.17, 15) is 4.79 Å². The van der Waals surface area contributed by atoms with Crippen LogP contribution in [0.2, 0.25) is 0 Å². The summed E-state index contributed by atoms with van der Waals surface area (Å²) in [6, 6.07) is 5.70. The highest BCUT2D eigenvalue weighted by Crippen LogP contribution is 2.36. The van der Waals surface area contributed by atoms with E-state index < -0.39 is 18.3 Å². The van der Waals surface area contributed by atoms with Crippen LogP contribution >= 0.6 is 0 Å². The predicted molar refractivity (Wildman–Crippen MR) is 93.7 cm³/mol. The fourth-order valence-corrected chi connectivity index (χ4v) is 2.44. The summed E-state index contributed by atoms with van der Waals surface area (Å²) in [6.45, 7) is 10.7. The van der Waals surface area contributed by atoms with Gasteiger partial charge in [0.25, 0.3) is 0 Å². The Balaban J connectivity index is 2.29. The largest absolute Gasteiger partial charge is 0.494 e. The maximum atomic E-state index is 11.7. The number of hydrogen-bond donors (Lipinski definition) is 0. The highest BCUT2D eigenvalue weighted by atomic mass is 16.7. The van der Waals surface area contributed by atoms with Crippen molar-refractivity contribution >= 4 is 18.6 Å². The maximum absolute atomic E-state index is 11.7. The van der Waals surface area contributed by atoms with Crippen molar-refractivity contribution in [1.82, 2.24) is 0 Å². The first kappa shape index (κ1) is 18.8. The minimum absolute atomic E-state index is 0.156. The van der Waals surface area contributed by atoms with Gasteiger partial charge in [0.05, 0.1) is 31.3 Å². The lowest BCUT2D eigenvalue weighted by atomic mass is 9.78. The molecule has 1 aliphatic rings. The maximum Gasteiger partial charge on any atom is 0.494 e. The second kappa shape index (κ2) is 7.15. The lowest BCUT2D eigenvalue weighted by Gasteiger charge is -2.32. The Morgan fingerprint density at radius 2 is 1.79 bits per heavy atom. The average molecular weight is 334 g/mol. The Labute approximate surface area is 144 Å². The molecule has 1 saturated heterocycles. The van der Waals surface area contributed by atoms with E-state index in [0.29, 0.717) is 12.4 Å². The summed E-state index contributed by atoms with van der Waals surface area (Å²) in [5, 5.41) is 0. The highest BCUT2D eigenvalue weighted by molar-refractivity contribution is 6.62. The fraction of sp³-hybridized carbons (Fsp3) is 0.611. The first-order chi connectivity index (χ1) is 11.2. The molecule has 1 aromatic rings. The van der Waals surface area contributed by atoms with E-state index in [2.05, 4.69) is 0 Å². The summed E-state index contributed by atoms with van der Waals surface area (Å²) >= 11 is 0. The molecular weight excluding hydrogens is 307 g/mol. The van der Waals surface area contributed by atoms with Gasteiger partial charge in [0.2, 0.25) is 0 Å². The van der Waals surface area contributed by atoms with Crippen molar-refractivity contribution in [3.63, 3.8) is 0 Å². The van der Waals surface area contributed by atoms with Crippen molar-refractivity contribution in [3.8, 4) is 5.75 Å². The van der Waals surface area contributed by atoms with Crippen molar-refractivity contribution in [3.05, 3.63) is 23.8 Å². The molecule has 0 bridgehead atoms. The molecule has 0 amide bonds. The number of methoxy groups -OCH3 is 1. The third-order valence-corrected chi connectivity index (χ3v) is 4.63. The number of benzene rings is 1. The van der Waals surface area contributed by atoms with Crippen molar-refractivity contribution in [2.75, 3.05) is 13.7 Å². The van der Waals surface area contributed by atoms with Crippen LogP contribution in [0.4, 0.5) is 0 Å². The minimum atomic E-state index is -0.466. The van der Waals surface area contributed by atoms with Crippen LogP contribution in [-0.4, -0.2) is 38.0 Å². The summed E-state index contributed by atoms with van der Waals surface area (Å²) in [4.78, 5) is 11.7. The molecule has 2 rings (SSSR count). The molecule has 0 aromatic heterocycles. The van der Waals surface area contributed by atoms with Crippen molar-refractivity contribution < 1.29 is 23.6 Å². The van der Waals surface area contributed by atoms with Gasteiger partial charge in [-0.15, -0.1) is 0 Å². The Morgan fingerprint density at radius 1 is 1.17 bits per heavy atom. The third-order valence-electron chi connectivity index (χ3n) is 4.63. The van der Waals surface area contributed by atoms with E-state index in [1.807, 2.05) is 52.8 Å². The number of rotatable bonds is 6. The van der Waals surface area contributed by atoms with Crippen LogP contribution in [0.1, 0.15) is 46.6 Å². The van der Waals surface area contributed by atoms with Crippen LogP contribution in [-0.2, 0) is 25.3 Å². The molecule has 6 heteroatoms. The van der Waals surface area contributed by atoms with E-state index in [1.165, 1.54) is 7.11 Å². The van der Waals surface area contributed by atoms with E-state index >= 15 is 0 Å². The number of ether oxygens (including phenoxy) is 2. The van der Waals surface area contributed by atoms with Crippen LogP contribution in [0, 0.1) is 0 Å². The average Bonchev–Trinajstić information content (AvgIpc) is 2.74. The standard InChI is InChI=1S/C18H27BO5/c1-7-10-22-15-9-8-14(11-13(15)12-16(20)21-6)19-23-17(2,3)18(4,5)24-19/h8-9,11H,7,10,12H2,1-6H3. The van der Waals surface area contributed by atoms with Gasteiger partial charge in [-0.05, 0) is 45.6 Å². The first-order valence-electron chi connectivity index (χ1n) is 8.38. The molecule has 0 saturated carbocycles. The Hall–Kier alpha value is -1.53. The molecule has 1 fully saturated rings. The topological polar surface area (TPSA) is 54.0 Å². The normalized spacial score (nSPS) is 18.5.